The molecule has 0 aliphatic heterocycles. The van der Waals surface area contributed by atoms with E-state index in [2.05, 4.69) is 15.1 Å². The maximum Gasteiger partial charge on any atom is 0.258 e. The van der Waals surface area contributed by atoms with E-state index in [9.17, 15) is 4.79 Å². The molecule has 0 atom stereocenters. The van der Waals surface area contributed by atoms with Crippen molar-refractivity contribution in [3.8, 4) is 11.5 Å². The van der Waals surface area contributed by atoms with Gasteiger partial charge in [0, 0.05) is 39.9 Å². The number of hydrogen-bond acceptors (Lipinski definition) is 5. The fourth-order valence-electron chi connectivity index (χ4n) is 3.48. The quantitative estimate of drug-likeness (QED) is 0.273. The summed E-state index contributed by atoms with van der Waals surface area (Å²) in [5.74, 6) is -0.333. The van der Waals surface area contributed by atoms with Gasteiger partial charge in [-0.05, 0) is 48.0 Å². The number of halogens is 3. The van der Waals surface area contributed by atoms with Crippen LogP contribution >= 0.6 is 34.8 Å². The summed E-state index contributed by atoms with van der Waals surface area (Å²) in [7, 11) is 0. The summed E-state index contributed by atoms with van der Waals surface area (Å²) < 4.78 is 7.13. The maximum absolute atomic E-state index is 13.4. The minimum atomic E-state index is -0.457. The number of pyridine rings is 1. The summed E-state index contributed by atoms with van der Waals surface area (Å²) in [4.78, 5) is 21.6. The van der Waals surface area contributed by atoms with Gasteiger partial charge < -0.3 is 9.09 Å². The standard InChI is InChI=1S/C23H13Cl3N4O2/c24-15-3-1-13(2-4-15)12-30-18-6-5-16(25)11-17(18)19(21(30)26)20(31)22-28-23(32-29-22)14-7-9-27-10-8-14/h1-11H,12H2. The van der Waals surface area contributed by atoms with Gasteiger partial charge in [0.2, 0.25) is 11.6 Å². The molecule has 0 radical (unpaired) electrons. The molecule has 0 unspecified atom stereocenters. The highest BCUT2D eigenvalue weighted by Crippen LogP contribution is 2.34. The molecular weight excluding hydrogens is 471 g/mol. The van der Waals surface area contributed by atoms with Crippen molar-refractivity contribution in [3.05, 3.63) is 99.1 Å². The number of aromatic nitrogens is 4. The Kier molecular flexibility index (Phi) is 5.43. The summed E-state index contributed by atoms with van der Waals surface area (Å²) in [6, 6.07) is 16.1. The normalized spacial score (nSPS) is 11.2. The van der Waals surface area contributed by atoms with E-state index in [0.717, 1.165) is 11.1 Å². The van der Waals surface area contributed by atoms with Crippen molar-refractivity contribution in [1.29, 1.82) is 0 Å². The maximum atomic E-state index is 13.4. The summed E-state index contributed by atoms with van der Waals surface area (Å²) >= 11 is 19.0. The third-order valence-corrected chi connectivity index (χ3v) is 5.88. The molecule has 2 aromatic carbocycles. The molecule has 0 N–H and O–H groups in total. The largest absolute Gasteiger partial charge is 0.333 e. The van der Waals surface area contributed by atoms with E-state index in [-0.39, 0.29) is 22.4 Å². The van der Waals surface area contributed by atoms with Gasteiger partial charge in [-0.15, -0.1) is 0 Å². The van der Waals surface area contributed by atoms with Crippen molar-refractivity contribution in [3.63, 3.8) is 0 Å². The number of rotatable bonds is 5. The Hall–Kier alpha value is -3.19. The highest BCUT2D eigenvalue weighted by atomic mass is 35.5. The first-order chi connectivity index (χ1) is 15.5. The van der Waals surface area contributed by atoms with Crippen LogP contribution in [0.2, 0.25) is 15.2 Å². The lowest BCUT2D eigenvalue weighted by molar-refractivity contribution is 0.102. The predicted molar refractivity (Wildman–Crippen MR) is 123 cm³/mol. The molecule has 0 spiro atoms. The van der Waals surface area contributed by atoms with Crippen LogP contribution in [0.5, 0.6) is 0 Å². The van der Waals surface area contributed by atoms with Crippen molar-refractivity contribution < 1.29 is 9.32 Å². The second-order valence-corrected chi connectivity index (χ2v) is 8.26. The van der Waals surface area contributed by atoms with E-state index in [0.29, 0.717) is 27.5 Å². The second-order valence-electron chi connectivity index (χ2n) is 7.03. The van der Waals surface area contributed by atoms with Crippen molar-refractivity contribution in [2.45, 2.75) is 6.54 Å². The summed E-state index contributed by atoms with van der Waals surface area (Å²) in [5.41, 5.74) is 2.66. The third-order valence-electron chi connectivity index (χ3n) is 5.00. The zero-order chi connectivity index (χ0) is 22.2. The number of hydrogen-bond donors (Lipinski definition) is 0. The van der Waals surface area contributed by atoms with Crippen LogP contribution in [0.15, 0.2) is 71.5 Å². The predicted octanol–water partition coefficient (Wildman–Crippen LogP) is 6.33. The molecule has 3 aromatic heterocycles. The molecule has 3 heterocycles. The van der Waals surface area contributed by atoms with Crippen LogP contribution in [0.1, 0.15) is 21.7 Å². The lowest BCUT2D eigenvalue weighted by Crippen LogP contribution is -2.05. The highest BCUT2D eigenvalue weighted by molar-refractivity contribution is 6.37. The molecule has 9 heteroatoms. The molecule has 32 heavy (non-hydrogen) atoms. The summed E-state index contributed by atoms with van der Waals surface area (Å²) in [6.45, 7) is 0.440. The van der Waals surface area contributed by atoms with Crippen LogP contribution in [0, 0.1) is 0 Å². The van der Waals surface area contributed by atoms with Crippen LogP contribution in [0.25, 0.3) is 22.4 Å². The van der Waals surface area contributed by atoms with Gasteiger partial charge in [-0.25, -0.2) is 0 Å². The minimum absolute atomic E-state index is 0.0933. The minimum Gasteiger partial charge on any atom is -0.333 e. The Morgan fingerprint density at radius 3 is 2.41 bits per heavy atom. The first-order valence-electron chi connectivity index (χ1n) is 9.52. The molecule has 0 aliphatic rings. The Balaban J connectivity index is 1.60. The molecule has 0 saturated heterocycles. The van der Waals surface area contributed by atoms with E-state index in [4.69, 9.17) is 39.3 Å². The number of nitrogens with zero attached hydrogens (tertiary/aromatic N) is 4. The van der Waals surface area contributed by atoms with Gasteiger partial charge in [0.1, 0.15) is 5.15 Å². The number of carbonyl (C=O) groups excluding carboxylic acids is 1. The van der Waals surface area contributed by atoms with Crippen molar-refractivity contribution in [2.24, 2.45) is 0 Å². The molecule has 6 nitrogen and oxygen atoms in total. The first-order valence-corrected chi connectivity index (χ1v) is 10.6. The van der Waals surface area contributed by atoms with Gasteiger partial charge in [0.25, 0.3) is 5.89 Å². The Morgan fingerprint density at radius 2 is 1.66 bits per heavy atom. The number of benzene rings is 2. The Morgan fingerprint density at radius 1 is 0.938 bits per heavy atom. The highest BCUT2D eigenvalue weighted by Gasteiger charge is 2.26. The average Bonchev–Trinajstić information content (AvgIpc) is 3.39. The topological polar surface area (TPSA) is 73.8 Å². The average molecular weight is 484 g/mol. The van der Waals surface area contributed by atoms with E-state index in [1.165, 1.54) is 0 Å². The monoisotopic (exact) mass is 482 g/mol. The van der Waals surface area contributed by atoms with Crippen LogP contribution < -0.4 is 0 Å². The fraction of sp³-hybridized carbons (Fsp3) is 0.0435. The third kappa shape index (κ3) is 3.77. The van der Waals surface area contributed by atoms with Gasteiger partial charge in [-0.3, -0.25) is 9.78 Å². The second kappa shape index (κ2) is 8.39. The zero-order valence-corrected chi connectivity index (χ0v) is 18.6. The van der Waals surface area contributed by atoms with Gasteiger partial charge in [0.15, 0.2) is 0 Å². The molecule has 5 rings (SSSR count). The Bertz CT molecular complexity index is 1440. The van der Waals surface area contributed by atoms with Crippen LogP contribution in [-0.4, -0.2) is 25.5 Å². The Labute approximate surface area is 197 Å². The van der Waals surface area contributed by atoms with Crippen molar-refractivity contribution in [2.75, 3.05) is 0 Å². The van der Waals surface area contributed by atoms with Gasteiger partial charge in [-0.1, -0.05) is 52.1 Å². The molecule has 0 amide bonds. The summed E-state index contributed by atoms with van der Waals surface area (Å²) in [5, 5.41) is 5.86. The molecule has 5 aromatic rings. The van der Waals surface area contributed by atoms with Gasteiger partial charge in [-0.2, -0.15) is 4.98 Å². The molecule has 0 saturated carbocycles. The zero-order valence-electron chi connectivity index (χ0n) is 16.3. The molecule has 0 bridgehead atoms. The number of carbonyl (C=O) groups is 1. The van der Waals surface area contributed by atoms with E-state index >= 15 is 0 Å². The SMILES string of the molecule is O=C(c1noc(-c2ccncc2)n1)c1c(Cl)n(Cc2ccc(Cl)cc2)c2ccc(Cl)cc12. The first kappa shape index (κ1) is 20.7. The summed E-state index contributed by atoms with van der Waals surface area (Å²) in [6.07, 6.45) is 3.20. The van der Waals surface area contributed by atoms with Crippen LogP contribution in [-0.2, 0) is 6.54 Å². The molecule has 0 fully saturated rings. The number of ketones is 1. The smallest absolute Gasteiger partial charge is 0.258 e. The molecular formula is C23H13Cl3N4O2. The lowest BCUT2D eigenvalue weighted by Gasteiger charge is -2.08. The van der Waals surface area contributed by atoms with Crippen LogP contribution in [0.4, 0.5) is 0 Å². The molecule has 158 valence electrons. The number of fused-ring (bicyclic) bond motifs is 1. The van der Waals surface area contributed by atoms with Crippen LogP contribution in [0.3, 0.4) is 0 Å². The van der Waals surface area contributed by atoms with E-state index < -0.39 is 5.78 Å². The van der Waals surface area contributed by atoms with Gasteiger partial charge >= 0.3 is 0 Å². The van der Waals surface area contributed by atoms with E-state index in [1.807, 2.05) is 22.8 Å². The fourth-order valence-corrected chi connectivity index (χ4v) is 4.11. The molecule has 0 aliphatic carbocycles. The van der Waals surface area contributed by atoms with Gasteiger partial charge in [0.05, 0.1) is 11.1 Å². The van der Waals surface area contributed by atoms with Crippen molar-refractivity contribution in [1.82, 2.24) is 19.7 Å². The van der Waals surface area contributed by atoms with E-state index in [1.54, 1.807) is 48.8 Å². The van der Waals surface area contributed by atoms with Crippen molar-refractivity contribution >= 4 is 51.5 Å². The lowest BCUT2D eigenvalue weighted by atomic mass is 10.1.